The van der Waals surface area contributed by atoms with Gasteiger partial charge < -0.3 is 30.9 Å². The predicted octanol–water partition coefficient (Wildman–Crippen LogP) is 3.12. The zero-order valence-corrected chi connectivity index (χ0v) is 15.4. The van der Waals surface area contributed by atoms with Gasteiger partial charge in [0, 0.05) is 30.8 Å². The van der Waals surface area contributed by atoms with Crippen molar-refractivity contribution in [1.82, 2.24) is 0 Å². The number of hydrogen-bond acceptors (Lipinski definition) is 6. The van der Waals surface area contributed by atoms with Gasteiger partial charge in [0.05, 0.1) is 30.8 Å². The third-order valence-electron chi connectivity index (χ3n) is 3.94. The van der Waals surface area contributed by atoms with Crippen molar-refractivity contribution < 1.29 is 19.7 Å². The number of hydrogen-bond donors (Lipinski definition) is 5. The summed E-state index contributed by atoms with van der Waals surface area (Å²) >= 11 is 0. The van der Waals surface area contributed by atoms with E-state index in [9.17, 15) is 9.90 Å². The molecule has 0 saturated carbocycles. The van der Waals surface area contributed by atoms with E-state index in [4.69, 9.17) is 9.84 Å². The number of aromatic hydroxyl groups is 1. The van der Waals surface area contributed by atoms with Crippen molar-refractivity contribution in [2.45, 2.75) is 20.8 Å². The summed E-state index contributed by atoms with van der Waals surface area (Å²) in [7, 11) is 1.57. The summed E-state index contributed by atoms with van der Waals surface area (Å²) in [6.07, 6.45) is 0. The number of aliphatic hydroxyl groups is 1. The molecule has 1 amide bonds. The van der Waals surface area contributed by atoms with E-state index in [2.05, 4.69) is 16.0 Å². The molecule has 0 spiro atoms. The Hall–Kier alpha value is -2.93. The highest BCUT2D eigenvalue weighted by Crippen LogP contribution is 2.38. The fourth-order valence-corrected chi connectivity index (χ4v) is 2.67. The Kier molecular flexibility index (Phi) is 6.30. The second-order valence-corrected chi connectivity index (χ2v) is 5.96. The number of carbonyl (C=O) groups is 1. The van der Waals surface area contributed by atoms with Crippen LogP contribution in [0.25, 0.3) is 0 Å². The van der Waals surface area contributed by atoms with Crippen LogP contribution in [0.5, 0.6) is 11.5 Å². The highest BCUT2D eigenvalue weighted by molar-refractivity contribution is 5.95. The van der Waals surface area contributed by atoms with Gasteiger partial charge in [-0.2, -0.15) is 0 Å². The molecule has 0 saturated heterocycles. The van der Waals surface area contributed by atoms with Crippen molar-refractivity contribution in [1.29, 1.82) is 0 Å². The largest absolute Gasteiger partial charge is 0.507 e. The van der Waals surface area contributed by atoms with E-state index >= 15 is 0 Å². The minimum absolute atomic E-state index is 0.0231. The molecular formula is C19H25N3O4. The number of nitrogens with one attached hydrogen (secondary N) is 3. The molecule has 0 aromatic heterocycles. The zero-order chi connectivity index (χ0) is 19.3. The second-order valence-electron chi connectivity index (χ2n) is 5.96. The summed E-state index contributed by atoms with van der Waals surface area (Å²) in [5.41, 5.74) is 4.02. The van der Waals surface area contributed by atoms with Gasteiger partial charge in [-0.3, -0.25) is 4.79 Å². The van der Waals surface area contributed by atoms with E-state index in [-0.39, 0.29) is 18.3 Å². The molecule has 7 heteroatoms. The molecule has 140 valence electrons. The van der Waals surface area contributed by atoms with Gasteiger partial charge in [-0.25, -0.2) is 0 Å². The fraction of sp³-hybridized carbons (Fsp3) is 0.316. The van der Waals surface area contributed by atoms with Crippen LogP contribution >= 0.6 is 0 Å². The van der Waals surface area contributed by atoms with Crippen LogP contribution in [0.3, 0.4) is 0 Å². The average Bonchev–Trinajstić information content (AvgIpc) is 2.61. The first-order chi connectivity index (χ1) is 12.4. The quantitative estimate of drug-likeness (QED) is 0.487. The van der Waals surface area contributed by atoms with Gasteiger partial charge in [-0.15, -0.1) is 0 Å². The van der Waals surface area contributed by atoms with Crippen molar-refractivity contribution in [2.75, 3.05) is 36.2 Å². The SMILES string of the molecule is COc1cc(Nc2cc(C)c(O)c(C)c2NC(C)=O)ccc1NCCO. The number of rotatable bonds is 7. The number of carbonyl (C=O) groups excluding carboxylic acids is 1. The molecule has 5 N–H and O–H groups in total. The summed E-state index contributed by atoms with van der Waals surface area (Å²) < 4.78 is 5.39. The predicted molar refractivity (Wildman–Crippen MR) is 104 cm³/mol. The molecule has 0 fully saturated rings. The molecule has 7 nitrogen and oxygen atoms in total. The molecule has 0 radical (unpaired) electrons. The number of phenols is 1. The first-order valence-electron chi connectivity index (χ1n) is 8.28. The Morgan fingerprint density at radius 2 is 1.92 bits per heavy atom. The Morgan fingerprint density at radius 3 is 2.54 bits per heavy atom. The molecule has 0 heterocycles. The average molecular weight is 359 g/mol. The smallest absolute Gasteiger partial charge is 0.221 e. The normalized spacial score (nSPS) is 10.3. The third kappa shape index (κ3) is 4.37. The van der Waals surface area contributed by atoms with E-state index in [1.165, 1.54) is 6.92 Å². The lowest BCUT2D eigenvalue weighted by Gasteiger charge is -2.19. The van der Waals surface area contributed by atoms with Gasteiger partial charge in [0.25, 0.3) is 0 Å². The molecule has 2 aromatic carbocycles. The maximum atomic E-state index is 11.5. The number of benzene rings is 2. The van der Waals surface area contributed by atoms with E-state index in [0.29, 0.717) is 34.8 Å². The molecule has 0 unspecified atom stereocenters. The Labute approximate surface area is 153 Å². The maximum Gasteiger partial charge on any atom is 0.221 e. The molecule has 0 bridgehead atoms. The van der Waals surface area contributed by atoms with Crippen molar-refractivity contribution >= 4 is 28.7 Å². The summed E-state index contributed by atoms with van der Waals surface area (Å²) in [5, 5.41) is 28.2. The minimum atomic E-state index is -0.222. The monoisotopic (exact) mass is 359 g/mol. The summed E-state index contributed by atoms with van der Waals surface area (Å²) in [6, 6.07) is 7.29. The van der Waals surface area contributed by atoms with Gasteiger partial charge >= 0.3 is 0 Å². The van der Waals surface area contributed by atoms with Gasteiger partial charge in [-0.1, -0.05) is 0 Å². The summed E-state index contributed by atoms with van der Waals surface area (Å²) in [4.78, 5) is 11.5. The van der Waals surface area contributed by atoms with Crippen molar-refractivity contribution in [3.05, 3.63) is 35.4 Å². The highest BCUT2D eigenvalue weighted by Gasteiger charge is 2.15. The van der Waals surface area contributed by atoms with Crippen LogP contribution in [-0.2, 0) is 4.79 Å². The number of aliphatic hydroxyl groups excluding tert-OH is 1. The number of anilines is 4. The van der Waals surface area contributed by atoms with Crippen LogP contribution < -0.4 is 20.7 Å². The number of aryl methyl sites for hydroxylation is 1. The van der Waals surface area contributed by atoms with E-state index in [1.807, 2.05) is 18.2 Å². The van der Waals surface area contributed by atoms with Gasteiger partial charge in [0.15, 0.2) is 0 Å². The molecule has 0 aliphatic heterocycles. The lowest BCUT2D eigenvalue weighted by Crippen LogP contribution is -2.10. The van der Waals surface area contributed by atoms with E-state index < -0.39 is 0 Å². The van der Waals surface area contributed by atoms with Gasteiger partial charge in [0.1, 0.15) is 11.5 Å². The molecule has 2 rings (SSSR count). The Morgan fingerprint density at radius 1 is 1.19 bits per heavy atom. The van der Waals surface area contributed by atoms with E-state index in [1.54, 1.807) is 27.0 Å². The molecule has 0 aliphatic carbocycles. The van der Waals surface area contributed by atoms with Crippen LogP contribution in [0.2, 0.25) is 0 Å². The minimum Gasteiger partial charge on any atom is -0.507 e. The van der Waals surface area contributed by atoms with Crippen LogP contribution in [0.1, 0.15) is 18.1 Å². The number of phenolic OH excluding ortho intramolecular Hbond substituents is 1. The molecule has 0 aliphatic rings. The number of methoxy groups -OCH3 is 1. The van der Waals surface area contributed by atoms with Crippen LogP contribution in [0.4, 0.5) is 22.7 Å². The first-order valence-corrected chi connectivity index (χ1v) is 8.28. The van der Waals surface area contributed by atoms with Gasteiger partial charge in [-0.05, 0) is 37.6 Å². The standard InChI is InChI=1S/C19H25N3O4/c1-11-9-16(18(21-13(3)24)12(2)19(11)25)22-14-5-6-15(20-7-8-23)17(10-14)26-4/h5-6,9-10,20,22-23,25H,7-8H2,1-4H3,(H,21,24). The maximum absolute atomic E-state index is 11.5. The van der Waals surface area contributed by atoms with Gasteiger partial charge in [0.2, 0.25) is 5.91 Å². The highest BCUT2D eigenvalue weighted by atomic mass is 16.5. The van der Waals surface area contributed by atoms with Crippen molar-refractivity contribution in [3.8, 4) is 11.5 Å². The zero-order valence-electron chi connectivity index (χ0n) is 15.4. The fourth-order valence-electron chi connectivity index (χ4n) is 2.67. The lowest BCUT2D eigenvalue weighted by molar-refractivity contribution is -0.114. The lowest BCUT2D eigenvalue weighted by atomic mass is 10.1. The molecule has 0 atom stereocenters. The van der Waals surface area contributed by atoms with E-state index in [0.717, 1.165) is 11.4 Å². The van der Waals surface area contributed by atoms with Crippen molar-refractivity contribution in [3.63, 3.8) is 0 Å². The summed E-state index contributed by atoms with van der Waals surface area (Å²) in [5.74, 6) is 0.553. The third-order valence-corrected chi connectivity index (χ3v) is 3.94. The van der Waals surface area contributed by atoms with Crippen LogP contribution in [0.15, 0.2) is 24.3 Å². The molecule has 26 heavy (non-hydrogen) atoms. The number of amides is 1. The van der Waals surface area contributed by atoms with Crippen LogP contribution in [0, 0.1) is 13.8 Å². The first kappa shape index (κ1) is 19.4. The molecular weight excluding hydrogens is 334 g/mol. The number of ether oxygens (including phenoxy) is 1. The Balaban J connectivity index is 2.39. The van der Waals surface area contributed by atoms with Crippen LogP contribution in [-0.4, -0.2) is 36.4 Å². The topological polar surface area (TPSA) is 103 Å². The molecule has 2 aromatic rings. The summed E-state index contributed by atoms with van der Waals surface area (Å²) in [6.45, 7) is 5.42. The Bertz CT molecular complexity index is 806. The second kappa shape index (κ2) is 8.44. The van der Waals surface area contributed by atoms with Crippen molar-refractivity contribution in [2.24, 2.45) is 0 Å².